The van der Waals surface area contributed by atoms with E-state index < -0.39 is 9.84 Å². The number of sulfone groups is 1. The van der Waals surface area contributed by atoms with E-state index in [2.05, 4.69) is 25.6 Å². The molecule has 15 heteroatoms. The number of carbonyl (C=O) groups is 2. The molecule has 1 saturated heterocycles. The van der Waals surface area contributed by atoms with Crippen LogP contribution in [0.5, 0.6) is 0 Å². The van der Waals surface area contributed by atoms with Crippen molar-refractivity contribution in [2.45, 2.75) is 58.2 Å². The Morgan fingerprint density at radius 2 is 1.81 bits per heavy atom. The van der Waals surface area contributed by atoms with E-state index in [9.17, 15) is 18.0 Å². The van der Waals surface area contributed by atoms with Crippen molar-refractivity contribution in [3.63, 3.8) is 0 Å². The fraction of sp³-hybridized carbons (Fsp3) is 0.519. The van der Waals surface area contributed by atoms with Gasteiger partial charge in [-0.2, -0.15) is 0 Å². The number of hydrogen-bond donors (Lipinski definition) is 2. The van der Waals surface area contributed by atoms with E-state index in [0.717, 1.165) is 36.6 Å². The largest absolute Gasteiger partial charge is 0.333 e. The van der Waals surface area contributed by atoms with Crippen molar-refractivity contribution in [1.29, 1.82) is 0 Å². The second-order valence-electron chi connectivity index (χ2n) is 11.3. The minimum atomic E-state index is -3.05. The summed E-state index contributed by atoms with van der Waals surface area (Å²) in [5.41, 5.74) is 6.21. The van der Waals surface area contributed by atoms with Crippen LogP contribution in [-0.2, 0) is 23.4 Å². The minimum absolute atomic E-state index is 0.0158. The molecule has 4 aromatic rings. The van der Waals surface area contributed by atoms with Crippen LogP contribution in [0.1, 0.15) is 58.5 Å². The van der Waals surface area contributed by atoms with Gasteiger partial charge in [0.1, 0.15) is 21.7 Å². The summed E-state index contributed by atoms with van der Waals surface area (Å²) in [6, 6.07) is 2.65. The Morgan fingerprint density at radius 3 is 2.45 bits per heavy atom. The summed E-state index contributed by atoms with van der Waals surface area (Å²) in [5.74, 6) is 0.266. The van der Waals surface area contributed by atoms with Crippen LogP contribution in [0, 0.1) is 6.92 Å². The average Bonchev–Trinajstić information content (AvgIpc) is 3.86. The van der Waals surface area contributed by atoms with Gasteiger partial charge in [-0.05, 0) is 45.6 Å². The van der Waals surface area contributed by atoms with Gasteiger partial charge in [-0.25, -0.2) is 28.4 Å². The van der Waals surface area contributed by atoms with Gasteiger partial charge in [-0.1, -0.05) is 11.3 Å². The van der Waals surface area contributed by atoms with Gasteiger partial charge < -0.3 is 19.4 Å². The van der Waals surface area contributed by atoms with Crippen LogP contribution in [0.2, 0.25) is 0 Å². The minimum Gasteiger partial charge on any atom is -0.333 e. The van der Waals surface area contributed by atoms with E-state index in [4.69, 9.17) is 4.98 Å². The van der Waals surface area contributed by atoms with Crippen LogP contribution in [0.4, 0.5) is 10.9 Å². The number of anilines is 2. The number of aryl methyl sites for hydroxylation is 3. The normalized spacial score (nSPS) is 18.9. The summed E-state index contributed by atoms with van der Waals surface area (Å²) in [6.07, 6.45) is 6.01. The number of amides is 2. The molecule has 3 fully saturated rings. The second kappa shape index (κ2) is 10.0. The number of rotatable bonds is 8. The number of fused-ring (bicyclic) bond motifs is 3. The van der Waals surface area contributed by atoms with Crippen LogP contribution in [0.3, 0.4) is 0 Å². The number of thiazole rings is 1. The van der Waals surface area contributed by atoms with E-state index in [1.165, 1.54) is 11.3 Å². The molecule has 0 aromatic carbocycles. The molecule has 1 aliphatic heterocycles. The quantitative estimate of drug-likeness (QED) is 0.307. The van der Waals surface area contributed by atoms with E-state index in [-0.39, 0.29) is 36.4 Å². The summed E-state index contributed by atoms with van der Waals surface area (Å²) in [6.45, 7) is 4.86. The van der Waals surface area contributed by atoms with Crippen LogP contribution in [0.25, 0.3) is 22.1 Å². The first kappa shape index (κ1) is 27.3. The summed E-state index contributed by atoms with van der Waals surface area (Å²) < 4.78 is 27.4. The first-order valence-corrected chi connectivity index (χ1v) is 16.9. The van der Waals surface area contributed by atoms with Crippen LogP contribution in [0.15, 0.2) is 12.4 Å². The van der Waals surface area contributed by atoms with Gasteiger partial charge in [0.2, 0.25) is 0 Å². The standard InChI is InChI=1S/C27H33N9O4S2/c1-4-35-19(26(38)36(16-5-6-16)17-7-8-17)13-18-21-20(28-14-33(21)3)23(30-24(18)35)31-27-29-15(2)22(41-27)25(37)32-34-9-11-42(39,40)12-10-34/h13-14,16-17H,4-12H2,1-3H3,(H,32,37)(H,29,30,31). The summed E-state index contributed by atoms with van der Waals surface area (Å²) in [5, 5.41) is 6.27. The Bertz CT molecular complexity index is 1820. The molecule has 2 aliphatic carbocycles. The fourth-order valence-corrected chi connectivity index (χ4v) is 7.80. The molecule has 2 saturated carbocycles. The summed E-state index contributed by atoms with van der Waals surface area (Å²) in [4.78, 5) is 43.5. The molecule has 5 heterocycles. The number of nitrogens with zero attached hydrogens (tertiary/aromatic N) is 7. The third-order valence-corrected chi connectivity index (χ3v) is 10.9. The highest BCUT2D eigenvalue weighted by molar-refractivity contribution is 7.91. The zero-order chi connectivity index (χ0) is 29.3. The first-order chi connectivity index (χ1) is 20.1. The molecule has 4 aromatic heterocycles. The molecule has 2 N–H and O–H groups in total. The highest BCUT2D eigenvalue weighted by Gasteiger charge is 2.43. The molecule has 0 radical (unpaired) electrons. The number of aromatic nitrogens is 5. The summed E-state index contributed by atoms with van der Waals surface area (Å²) in [7, 11) is -1.13. The van der Waals surface area contributed by atoms with E-state index in [1.807, 2.05) is 29.2 Å². The summed E-state index contributed by atoms with van der Waals surface area (Å²) >= 11 is 1.19. The third kappa shape index (κ3) is 4.82. The lowest BCUT2D eigenvalue weighted by Crippen LogP contribution is -2.50. The van der Waals surface area contributed by atoms with Crippen molar-refractivity contribution in [3.05, 3.63) is 28.7 Å². The molecule has 7 rings (SSSR count). The highest BCUT2D eigenvalue weighted by atomic mass is 32.2. The predicted octanol–water partition coefficient (Wildman–Crippen LogP) is 2.59. The third-order valence-electron chi connectivity index (χ3n) is 8.19. The Hall–Kier alpha value is -3.56. The molecule has 3 aliphatic rings. The van der Waals surface area contributed by atoms with Crippen molar-refractivity contribution >= 4 is 66.0 Å². The molecule has 13 nitrogen and oxygen atoms in total. The Morgan fingerprint density at radius 1 is 1.12 bits per heavy atom. The lowest BCUT2D eigenvalue weighted by molar-refractivity contribution is 0.0718. The number of pyridine rings is 1. The van der Waals surface area contributed by atoms with Crippen LogP contribution < -0.4 is 10.7 Å². The number of imidazole rings is 1. The van der Waals surface area contributed by atoms with Gasteiger partial charge in [0.05, 0.1) is 29.0 Å². The Balaban J connectivity index is 1.21. The van der Waals surface area contributed by atoms with Gasteiger partial charge in [0.15, 0.2) is 20.8 Å². The maximum absolute atomic E-state index is 13.8. The Labute approximate surface area is 246 Å². The maximum Gasteiger partial charge on any atom is 0.277 e. The number of hydrazine groups is 1. The molecule has 222 valence electrons. The lowest BCUT2D eigenvalue weighted by atomic mass is 10.2. The van der Waals surface area contributed by atoms with Crippen molar-refractivity contribution < 1.29 is 18.0 Å². The van der Waals surface area contributed by atoms with E-state index in [0.29, 0.717) is 57.0 Å². The molecule has 0 spiro atoms. The van der Waals surface area contributed by atoms with Crippen LogP contribution in [-0.4, -0.2) is 90.9 Å². The van der Waals surface area contributed by atoms with E-state index >= 15 is 0 Å². The lowest BCUT2D eigenvalue weighted by Gasteiger charge is -2.26. The maximum atomic E-state index is 13.8. The SMILES string of the molecule is CCn1c(C(=O)N(C2CC2)C2CC2)cc2c3c(ncn3C)c(Nc3nc(C)c(C(=O)NN4CCS(=O)(=O)CC4)s3)nc21. The van der Waals surface area contributed by atoms with Gasteiger partial charge in [0.25, 0.3) is 11.8 Å². The van der Waals surface area contributed by atoms with E-state index in [1.54, 1.807) is 18.3 Å². The van der Waals surface area contributed by atoms with Gasteiger partial charge >= 0.3 is 0 Å². The molecule has 0 bridgehead atoms. The topological polar surface area (TPSA) is 147 Å². The average molecular weight is 612 g/mol. The first-order valence-electron chi connectivity index (χ1n) is 14.3. The zero-order valence-electron chi connectivity index (χ0n) is 23.8. The molecule has 2 amide bonds. The zero-order valence-corrected chi connectivity index (χ0v) is 25.4. The second-order valence-corrected chi connectivity index (χ2v) is 14.6. The molecule has 42 heavy (non-hydrogen) atoms. The van der Waals surface area contributed by atoms with Crippen molar-refractivity contribution in [2.24, 2.45) is 7.05 Å². The van der Waals surface area contributed by atoms with Gasteiger partial charge in [0, 0.05) is 44.2 Å². The monoisotopic (exact) mass is 611 g/mol. The van der Waals surface area contributed by atoms with Crippen molar-refractivity contribution in [3.8, 4) is 0 Å². The predicted molar refractivity (Wildman–Crippen MR) is 160 cm³/mol. The molecule has 0 atom stereocenters. The Kier molecular flexibility index (Phi) is 6.51. The number of nitrogens with one attached hydrogen (secondary N) is 2. The number of carbonyl (C=O) groups excluding carboxylic acids is 2. The van der Waals surface area contributed by atoms with Crippen LogP contribution >= 0.6 is 11.3 Å². The molecule has 0 unspecified atom stereocenters. The highest BCUT2D eigenvalue weighted by Crippen LogP contribution is 2.40. The van der Waals surface area contributed by atoms with Gasteiger partial charge in [-0.15, -0.1) is 0 Å². The van der Waals surface area contributed by atoms with Gasteiger partial charge in [-0.3, -0.25) is 15.0 Å². The fourth-order valence-electron chi connectivity index (χ4n) is 5.75. The molecular formula is C27H33N9O4S2. The smallest absolute Gasteiger partial charge is 0.277 e. The van der Waals surface area contributed by atoms with Crippen molar-refractivity contribution in [1.82, 2.24) is 39.4 Å². The molecular weight excluding hydrogens is 578 g/mol. The van der Waals surface area contributed by atoms with Crippen molar-refractivity contribution in [2.75, 3.05) is 29.9 Å². The number of hydrogen-bond acceptors (Lipinski definition) is 10.